The average Bonchev–Trinajstić information content (AvgIpc) is 3.18. The Bertz CT molecular complexity index is 596. The summed E-state index contributed by atoms with van der Waals surface area (Å²) in [5.41, 5.74) is 2.41. The van der Waals surface area contributed by atoms with E-state index in [0.717, 1.165) is 22.9 Å². The highest BCUT2D eigenvalue weighted by Gasteiger charge is 2.16. The van der Waals surface area contributed by atoms with Crippen molar-refractivity contribution in [3.05, 3.63) is 19.0 Å². The molecule has 0 atom stereocenters. The van der Waals surface area contributed by atoms with E-state index in [1.54, 1.807) is 22.7 Å². The van der Waals surface area contributed by atoms with Gasteiger partial charge in [0.25, 0.3) is 0 Å². The van der Waals surface area contributed by atoms with E-state index >= 15 is 0 Å². The van der Waals surface area contributed by atoms with Crippen LogP contribution in [0.4, 0.5) is 0 Å². The normalized spacial score (nSPS) is 11.4. The maximum absolute atomic E-state index is 4.87. The van der Waals surface area contributed by atoms with Crippen LogP contribution in [0, 0.1) is 0 Å². The minimum absolute atomic E-state index is 1.06. The van der Waals surface area contributed by atoms with Crippen LogP contribution >= 0.6 is 54.5 Å². The van der Waals surface area contributed by atoms with Crippen LogP contribution in [0.1, 0.15) is 89.4 Å². The largest absolute Gasteiger partial charge is 0.237 e. The molecule has 2 aromatic rings. The van der Waals surface area contributed by atoms with Crippen LogP contribution in [0.15, 0.2) is 7.57 Å². The van der Waals surface area contributed by atoms with Crippen molar-refractivity contribution < 1.29 is 0 Å². The Kier molecular flexibility index (Phi) is 10.9. The van der Waals surface area contributed by atoms with Crippen molar-refractivity contribution in [3.8, 4) is 10.0 Å². The smallest absolute Gasteiger partial charge is 0.153 e. The predicted octanol–water partition coefficient (Wildman–Crippen LogP) is 8.82. The summed E-state index contributed by atoms with van der Waals surface area (Å²) in [6, 6.07) is 0. The summed E-state index contributed by atoms with van der Waals surface area (Å²) < 4.78 is 2.35. The van der Waals surface area contributed by atoms with Gasteiger partial charge in [0.15, 0.2) is 10.0 Å². The zero-order valence-electron chi connectivity index (χ0n) is 16.0. The summed E-state index contributed by atoms with van der Waals surface area (Å²) in [5.74, 6) is 0. The van der Waals surface area contributed by atoms with E-state index in [9.17, 15) is 0 Å². The van der Waals surface area contributed by atoms with Crippen LogP contribution in [0.2, 0.25) is 0 Å². The highest BCUT2D eigenvalue weighted by molar-refractivity contribution is 9.11. The summed E-state index contributed by atoms with van der Waals surface area (Å²) in [7, 11) is 0. The number of thiazole rings is 2. The molecular weight excluding hydrogens is 492 g/mol. The first-order valence-corrected chi connectivity index (χ1v) is 13.2. The van der Waals surface area contributed by atoms with Gasteiger partial charge in [-0.25, -0.2) is 9.97 Å². The van der Waals surface area contributed by atoms with Crippen molar-refractivity contribution in [2.45, 2.75) is 90.9 Å². The lowest BCUT2D eigenvalue weighted by molar-refractivity contribution is 0.628. The van der Waals surface area contributed by atoms with E-state index < -0.39 is 0 Å². The molecule has 0 N–H and O–H groups in total. The minimum atomic E-state index is 1.06. The molecule has 0 unspecified atom stereocenters. The van der Waals surface area contributed by atoms with Gasteiger partial charge in [0.2, 0.25) is 0 Å². The Morgan fingerprint density at radius 3 is 1.38 bits per heavy atom. The predicted molar refractivity (Wildman–Crippen MR) is 124 cm³/mol. The number of nitrogens with zero attached hydrogens (tertiary/aromatic N) is 2. The molecule has 0 saturated heterocycles. The second-order valence-corrected chi connectivity index (χ2v) is 11.4. The molecule has 2 rings (SSSR count). The van der Waals surface area contributed by atoms with Gasteiger partial charge in [-0.3, -0.25) is 0 Å². The van der Waals surface area contributed by atoms with E-state index in [2.05, 4.69) is 45.7 Å². The fraction of sp³-hybridized carbons (Fsp3) is 0.700. The third-order valence-electron chi connectivity index (χ3n) is 4.52. The molecule has 0 bridgehead atoms. The second-order valence-electron chi connectivity index (χ2n) is 6.81. The van der Waals surface area contributed by atoms with E-state index in [0.29, 0.717) is 0 Å². The molecule has 0 aromatic carbocycles. The summed E-state index contributed by atoms with van der Waals surface area (Å²) in [4.78, 5) is 9.74. The molecule has 2 aromatic heterocycles. The van der Waals surface area contributed by atoms with Crippen LogP contribution in [-0.4, -0.2) is 9.97 Å². The van der Waals surface area contributed by atoms with Crippen molar-refractivity contribution in [2.24, 2.45) is 0 Å². The first kappa shape index (κ1) is 22.5. The van der Waals surface area contributed by atoms with Gasteiger partial charge in [-0.2, -0.15) is 0 Å². The minimum Gasteiger partial charge on any atom is -0.237 e. The summed E-state index contributed by atoms with van der Waals surface area (Å²) in [6.45, 7) is 4.52. The molecule has 26 heavy (non-hydrogen) atoms. The molecule has 0 aliphatic heterocycles. The van der Waals surface area contributed by atoms with Gasteiger partial charge in [-0.1, -0.05) is 65.2 Å². The SMILES string of the molecule is CCCCCCCc1nc(-c2nc(CCCCCCC)c(Br)s2)sc1Br. The van der Waals surface area contributed by atoms with Gasteiger partial charge >= 0.3 is 0 Å². The number of halogens is 2. The Hall–Kier alpha value is 0.220. The van der Waals surface area contributed by atoms with Gasteiger partial charge in [0.1, 0.15) is 0 Å². The zero-order valence-corrected chi connectivity index (χ0v) is 20.8. The van der Waals surface area contributed by atoms with E-state index in [1.165, 1.54) is 83.2 Å². The Morgan fingerprint density at radius 1 is 0.615 bits per heavy atom. The van der Waals surface area contributed by atoms with E-state index in [-0.39, 0.29) is 0 Å². The summed E-state index contributed by atoms with van der Waals surface area (Å²) in [5, 5.41) is 2.12. The lowest BCUT2D eigenvalue weighted by atomic mass is 10.1. The Labute approximate surface area is 183 Å². The number of rotatable bonds is 13. The lowest BCUT2D eigenvalue weighted by Gasteiger charge is -1.98. The molecule has 0 aliphatic rings. The first-order valence-electron chi connectivity index (χ1n) is 9.96. The standard InChI is InChI=1S/C20H30Br2N2S2/c1-3-5-7-9-11-13-15-17(21)25-19(23-15)20-24-16(18(22)26-20)14-12-10-8-6-4-2/h3-14H2,1-2H3. The molecule has 2 nitrogen and oxygen atoms in total. The second kappa shape index (κ2) is 12.6. The highest BCUT2D eigenvalue weighted by atomic mass is 79.9. The fourth-order valence-electron chi connectivity index (χ4n) is 2.95. The Balaban J connectivity index is 1.90. The molecule has 0 amide bonds. The number of unbranched alkanes of at least 4 members (excludes halogenated alkanes) is 8. The third kappa shape index (κ3) is 7.33. The number of hydrogen-bond donors (Lipinski definition) is 0. The number of hydrogen-bond acceptors (Lipinski definition) is 4. The molecule has 0 spiro atoms. The quantitative estimate of drug-likeness (QED) is 0.246. The number of aryl methyl sites for hydroxylation is 2. The van der Waals surface area contributed by atoms with Crippen molar-refractivity contribution in [3.63, 3.8) is 0 Å². The topological polar surface area (TPSA) is 25.8 Å². The van der Waals surface area contributed by atoms with Crippen molar-refractivity contribution >= 4 is 54.5 Å². The molecule has 146 valence electrons. The molecule has 0 radical (unpaired) electrons. The van der Waals surface area contributed by atoms with Crippen molar-refractivity contribution in [2.75, 3.05) is 0 Å². The Morgan fingerprint density at radius 2 is 1.00 bits per heavy atom. The lowest BCUT2D eigenvalue weighted by Crippen LogP contribution is -1.89. The van der Waals surface area contributed by atoms with Crippen LogP contribution in [0.5, 0.6) is 0 Å². The van der Waals surface area contributed by atoms with Crippen LogP contribution < -0.4 is 0 Å². The molecule has 0 aliphatic carbocycles. The molecule has 0 saturated carbocycles. The molecule has 6 heteroatoms. The van der Waals surface area contributed by atoms with E-state index in [1.807, 2.05) is 0 Å². The zero-order chi connectivity index (χ0) is 18.8. The third-order valence-corrected chi connectivity index (χ3v) is 8.32. The summed E-state index contributed by atoms with van der Waals surface area (Å²) >= 11 is 10.9. The molecular formula is C20H30Br2N2S2. The van der Waals surface area contributed by atoms with Gasteiger partial charge in [-0.05, 0) is 57.5 Å². The maximum Gasteiger partial charge on any atom is 0.153 e. The highest BCUT2D eigenvalue weighted by Crippen LogP contribution is 2.38. The van der Waals surface area contributed by atoms with Crippen LogP contribution in [0.3, 0.4) is 0 Å². The van der Waals surface area contributed by atoms with Crippen molar-refractivity contribution in [1.29, 1.82) is 0 Å². The number of aromatic nitrogens is 2. The first-order chi connectivity index (χ1) is 12.7. The van der Waals surface area contributed by atoms with Crippen LogP contribution in [-0.2, 0) is 12.8 Å². The van der Waals surface area contributed by atoms with Gasteiger partial charge < -0.3 is 0 Å². The monoisotopic (exact) mass is 520 g/mol. The average molecular weight is 522 g/mol. The summed E-state index contributed by atoms with van der Waals surface area (Å²) in [6.07, 6.45) is 15.2. The molecule has 0 fully saturated rings. The van der Waals surface area contributed by atoms with E-state index in [4.69, 9.17) is 9.97 Å². The van der Waals surface area contributed by atoms with Gasteiger partial charge in [-0.15, -0.1) is 22.7 Å². The van der Waals surface area contributed by atoms with Crippen molar-refractivity contribution in [1.82, 2.24) is 9.97 Å². The maximum atomic E-state index is 4.87. The van der Waals surface area contributed by atoms with Gasteiger partial charge in [0.05, 0.1) is 19.0 Å². The molecule has 2 heterocycles. The van der Waals surface area contributed by atoms with Crippen LogP contribution in [0.25, 0.3) is 10.0 Å². The van der Waals surface area contributed by atoms with Gasteiger partial charge in [0, 0.05) is 0 Å². The fourth-order valence-corrected chi connectivity index (χ4v) is 6.14.